The second-order valence-corrected chi connectivity index (χ2v) is 5.61. The topological polar surface area (TPSA) is 35.2 Å². The fourth-order valence-corrected chi connectivity index (χ4v) is 3.15. The lowest BCUT2D eigenvalue weighted by atomic mass is 10.0. The number of nitrogens with two attached hydrogens (primary N) is 1. The van der Waals surface area contributed by atoms with Crippen molar-refractivity contribution in [3.05, 3.63) is 51.2 Å². The number of ether oxygens (including phenoxy) is 1. The molecule has 1 aromatic heterocycles. The average Bonchev–Trinajstić information content (AvgIpc) is 2.75. The van der Waals surface area contributed by atoms with E-state index in [4.69, 9.17) is 10.5 Å². The fraction of sp³-hybridized carbons (Fsp3) is 0.333. The zero-order chi connectivity index (χ0) is 13.1. The molecule has 0 aliphatic heterocycles. The van der Waals surface area contributed by atoms with E-state index in [1.807, 2.05) is 11.4 Å². The van der Waals surface area contributed by atoms with Crippen LogP contribution in [0.2, 0.25) is 0 Å². The summed E-state index contributed by atoms with van der Waals surface area (Å²) in [6.07, 6.45) is 0.847. The number of methoxy groups -OCH3 is 1. The minimum absolute atomic E-state index is 0.00106. The molecule has 0 bridgehead atoms. The largest absolute Gasteiger partial charge is 0.496 e. The summed E-state index contributed by atoms with van der Waals surface area (Å²) >= 11 is 1.66. The Bertz CT molecular complexity index is 513. The van der Waals surface area contributed by atoms with Gasteiger partial charge < -0.3 is 10.5 Å². The lowest BCUT2D eigenvalue weighted by molar-refractivity contribution is 0.409. The summed E-state index contributed by atoms with van der Waals surface area (Å²) < 4.78 is 5.32. The van der Waals surface area contributed by atoms with E-state index >= 15 is 0 Å². The smallest absolute Gasteiger partial charge is 0.134 e. The van der Waals surface area contributed by atoms with Crippen molar-refractivity contribution in [1.29, 1.82) is 0 Å². The van der Waals surface area contributed by atoms with Crippen LogP contribution >= 0.6 is 11.3 Å². The summed E-state index contributed by atoms with van der Waals surface area (Å²) in [6, 6.07) is 8.56. The van der Waals surface area contributed by atoms with Gasteiger partial charge in [-0.2, -0.15) is 0 Å². The van der Waals surface area contributed by atoms with Gasteiger partial charge in [-0.1, -0.05) is 29.3 Å². The molecular weight excluding hydrogens is 242 g/mol. The Hall–Kier alpha value is -1.32. The van der Waals surface area contributed by atoms with Crippen LogP contribution in [0.25, 0.3) is 0 Å². The number of hydrogen-bond acceptors (Lipinski definition) is 3. The van der Waals surface area contributed by atoms with Gasteiger partial charge in [0.05, 0.1) is 12.0 Å². The third-order valence-corrected chi connectivity index (χ3v) is 3.98. The zero-order valence-electron chi connectivity index (χ0n) is 11.1. The summed E-state index contributed by atoms with van der Waals surface area (Å²) in [5.74, 6) is 0.900. The highest BCUT2D eigenvalue weighted by atomic mass is 32.1. The summed E-state index contributed by atoms with van der Waals surface area (Å²) in [7, 11) is 1.69. The highest BCUT2D eigenvalue weighted by molar-refractivity contribution is 7.10. The van der Waals surface area contributed by atoms with Gasteiger partial charge in [0.2, 0.25) is 0 Å². The van der Waals surface area contributed by atoms with Gasteiger partial charge in [0.25, 0.3) is 0 Å². The standard InChI is InChI=1S/C15H19NOS/c1-10-6-11(2)8-12(7-10)9-13(16)15-14(17-3)4-5-18-15/h4-8,13H,9,16H2,1-3H3. The van der Waals surface area contributed by atoms with Gasteiger partial charge in [0, 0.05) is 6.04 Å². The number of benzene rings is 1. The molecule has 1 atom stereocenters. The number of aryl methyl sites for hydroxylation is 2. The molecule has 0 amide bonds. The second-order valence-electron chi connectivity index (χ2n) is 4.66. The molecule has 1 heterocycles. The first kappa shape index (κ1) is 13.1. The highest BCUT2D eigenvalue weighted by Gasteiger charge is 2.14. The lowest BCUT2D eigenvalue weighted by Crippen LogP contribution is -2.13. The van der Waals surface area contributed by atoms with Crippen molar-refractivity contribution in [2.24, 2.45) is 5.73 Å². The lowest BCUT2D eigenvalue weighted by Gasteiger charge is -2.13. The zero-order valence-corrected chi connectivity index (χ0v) is 11.9. The molecule has 2 N–H and O–H groups in total. The van der Waals surface area contributed by atoms with Gasteiger partial charge >= 0.3 is 0 Å². The maximum Gasteiger partial charge on any atom is 0.134 e. The number of hydrogen-bond donors (Lipinski definition) is 1. The van der Waals surface area contributed by atoms with Gasteiger partial charge in [-0.25, -0.2) is 0 Å². The first-order valence-corrected chi connectivity index (χ1v) is 6.92. The average molecular weight is 261 g/mol. The predicted octanol–water partition coefficient (Wildman–Crippen LogP) is 3.62. The normalized spacial score (nSPS) is 12.4. The molecule has 0 aliphatic rings. The first-order chi connectivity index (χ1) is 8.60. The highest BCUT2D eigenvalue weighted by Crippen LogP contribution is 2.31. The van der Waals surface area contributed by atoms with Crippen LogP contribution < -0.4 is 10.5 Å². The molecule has 0 spiro atoms. The molecule has 2 rings (SSSR count). The molecule has 0 saturated heterocycles. The van der Waals surface area contributed by atoms with Crippen LogP contribution in [0, 0.1) is 13.8 Å². The van der Waals surface area contributed by atoms with Crippen LogP contribution in [-0.4, -0.2) is 7.11 Å². The molecule has 2 aromatic rings. The molecule has 0 aliphatic carbocycles. The van der Waals surface area contributed by atoms with Gasteiger partial charge in [-0.05, 0) is 37.3 Å². The van der Waals surface area contributed by atoms with Crippen molar-refractivity contribution in [3.63, 3.8) is 0 Å². The van der Waals surface area contributed by atoms with E-state index in [0.717, 1.165) is 17.0 Å². The Kier molecular flexibility index (Phi) is 4.04. The van der Waals surface area contributed by atoms with E-state index in [0.29, 0.717) is 0 Å². The van der Waals surface area contributed by atoms with Crippen molar-refractivity contribution in [3.8, 4) is 5.75 Å². The molecule has 18 heavy (non-hydrogen) atoms. The van der Waals surface area contributed by atoms with Gasteiger partial charge in [-0.3, -0.25) is 0 Å². The third-order valence-electron chi connectivity index (χ3n) is 2.95. The maximum absolute atomic E-state index is 6.28. The van der Waals surface area contributed by atoms with E-state index in [2.05, 4.69) is 32.0 Å². The van der Waals surface area contributed by atoms with E-state index < -0.39 is 0 Å². The Morgan fingerprint density at radius 3 is 2.50 bits per heavy atom. The molecule has 1 aromatic carbocycles. The van der Waals surface area contributed by atoms with Crippen molar-refractivity contribution in [2.75, 3.05) is 7.11 Å². The fourth-order valence-electron chi connectivity index (χ4n) is 2.28. The van der Waals surface area contributed by atoms with E-state index in [9.17, 15) is 0 Å². The van der Waals surface area contributed by atoms with Crippen LogP contribution in [0.5, 0.6) is 5.75 Å². The van der Waals surface area contributed by atoms with Crippen LogP contribution in [0.1, 0.15) is 27.6 Å². The van der Waals surface area contributed by atoms with Crippen LogP contribution in [0.3, 0.4) is 0 Å². The molecular formula is C15H19NOS. The van der Waals surface area contributed by atoms with Crippen LogP contribution in [0.15, 0.2) is 29.6 Å². The molecule has 2 nitrogen and oxygen atoms in total. The monoisotopic (exact) mass is 261 g/mol. The Labute approximate surface area is 112 Å². The summed E-state index contributed by atoms with van der Waals surface area (Å²) in [6.45, 7) is 4.24. The van der Waals surface area contributed by atoms with Crippen molar-refractivity contribution < 1.29 is 4.74 Å². The minimum Gasteiger partial charge on any atom is -0.496 e. The van der Waals surface area contributed by atoms with Crippen LogP contribution in [-0.2, 0) is 6.42 Å². The second kappa shape index (κ2) is 5.55. The predicted molar refractivity (Wildman–Crippen MR) is 77.4 cm³/mol. The van der Waals surface area contributed by atoms with Gasteiger partial charge in [0.15, 0.2) is 0 Å². The first-order valence-electron chi connectivity index (χ1n) is 6.04. The summed E-state index contributed by atoms with van der Waals surface area (Å²) in [5.41, 5.74) is 10.1. The Morgan fingerprint density at radius 1 is 1.22 bits per heavy atom. The quantitative estimate of drug-likeness (QED) is 0.912. The van der Waals surface area contributed by atoms with E-state index in [1.165, 1.54) is 16.7 Å². The van der Waals surface area contributed by atoms with Crippen LogP contribution in [0.4, 0.5) is 0 Å². The minimum atomic E-state index is 0.00106. The number of rotatable bonds is 4. The van der Waals surface area contributed by atoms with E-state index in [-0.39, 0.29) is 6.04 Å². The maximum atomic E-state index is 6.28. The molecule has 0 radical (unpaired) electrons. The Morgan fingerprint density at radius 2 is 1.89 bits per heavy atom. The SMILES string of the molecule is COc1ccsc1C(N)Cc1cc(C)cc(C)c1. The van der Waals surface area contributed by atoms with Gasteiger partial charge in [-0.15, -0.1) is 11.3 Å². The van der Waals surface area contributed by atoms with Crippen molar-refractivity contribution in [2.45, 2.75) is 26.3 Å². The molecule has 96 valence electrons. The molecule has 1 unspecified atom stereocenters. The summed E-state index contributed by atoms with van der Waals surface area (Å²) in [4.78, 5) is 1.12. The Balaban J connectivity index is 2.18. The van der Waals surface area contributed by atoms with Crippen molar-refractivity contribution in [1.82, 2.24) is 0 Å². The molecule has 3 heteroatoms. The third kappa shape index (κ3) is 2.92. The number of thiophene rings is 1. The van der Waals surface area contributed by atoms with E-state index in [1.54, 1.807) is 18.4 Å². The van der Waals surface area contributed by atoms with Crippen molar-refractivity contribution >= 4 is 11.3 Å². The summed E-state index contributed by atoms with van der Waals surface area (Å²) in [5, 5.41) is 2.02. The molecule has 0 fully saturated rings. The van der Waals surface area contributed by atoms with Gasteiger partial charge in [0.1, 0.15) is 5.75 Å². The molecule has 0 saturated carbocycles.